The van der Waals surface area contributed by atoms with Crippen molar-refractivity contribution in [2.75, 3.05) is 12.4 Å². The molecule has 1 fully saturated rings. The zero-order valence-electron chi connectivity index (χ0n) is 12.5. The third kappa shape index (κ3) is 3.05. The summed E-state index contributed by atoms with van der Waals surface area (Å²) in [4.78, 5) is 12.1. The molecule has 116 valence electrons. The number of amides is 1. The topological polar surface area (TPSA) is 29.1 Å². The number of benzene rings is 1. The van der Waals surface area contributed by atoms with Crippen LogP contribution < -0.4 is 5.32 Å². The van der Waals surface area contributed by atoms with Crippen molar-refractivity contribution in [2.45, 2.75) is 32.6 Å². The van der Waals surface area contributed by atoms with Crippen molar-refractivity contribution in [3.8, 4) is 0 Å². The summed E-state index contributed by atoms with van der Waals surface area (Å²) in [5.74, 6) is -0.834. The summed E-state index contributed by atoms with van der Waals surface area (Å²) >= 11 is 5.78. The Balaban J connectivity index is 2.15. The average Bonchev–Trinajstić information content (AvgIpc) is 3.07. The second-order valence-corrected chi connectivity index (χ2v) is 6.85. The van der Waals surface area contributed by atoms with E-state index in [2.05, 4.69) is 5.32 Å². The molecule has 2 rings (SSSR count). The second-order valence-electron chi connectivity index (χ2n) is 6.59. The van der Waals surface area contributed by atoms with Gasteiger partial charge < -0.3 is 5.32 Å². The van der Waals surface area contributed by atoms with E-state index in [9.17, 15) is 13.6 Å². The summed E-state index contributed by atoms with van der Waals surface area (Å²) in [6.45, 7) is 5.87. The highest BCUT2D eigenvalue weighted by molar-refractivity contribution is 6.19. The van der Waals surface area contributed by atoms with Gasteiger partial charge in [-0.05, 0) is 37.8 Å². The molecule has 0 saturated heterocycles. The van der Waals surface area contributed by atoms with Gasteiger partial charge in [-0.1, -0.05) is 13.0 Å². The van der Waals surface area contributed by atoms with Crippen molar-refractivity contribution in [3.63, 3.8) is 0 Å². The largest absolute Gasteiger partial charge is 0.355 e. The molecule has 0 aromatic heterocycles. The smallest absolute Gasteiger partial charge is 0.226 e. The van der Waals surface area contributed by atoms with Gasteiger partial charge >= 0.3 is 0 Å². The first kappa shape index (κ1) is 16.2. The van der Waals surface area contributed by atoms with Gasteiger partial charge in [0.15, 0.2) is 0 Å². The molecule has 1 aromatic rings. The molecule has 0 heterocycles. The summed E-state index contributed by atoms with van der Waals surface area (Å²) in [7, 11) is 0. The quantitative estimate of drug-likeness (QED) is 0.826. The van der Waals surface area contributed by atoms with E-state index in [-0.39, 0.29) is 17.7 Å². The maximum atomic E-state index is 14.0. The van der Waals surface area contributed by atoms with Crippen molar-refractivity contribution >= 4 is 17.5 Å². The Bertz CT molecular complexity index is 561. The number of alkyl halides is 1. The van der Waals surface area contributed by atoms with Crippen LogP contribution in [0.1, 0.15) is 32.8 Å². The number of rotatable bonds is 5. The van der Waals surface area contributed by atoms with Crippen LogP contribution in [0, 0.1) is 23.0 Å². The van der Waals surface area contributed by atoms with Gasteiger partial charge in [-0.25, -0.2) is 8.78 Å². The molecule has 1 N–H and O–H groups in total. The van der Waals surface area contributed by atoms with Crippen LogP contribution in [0.5, 0.6) is 0 Å². The van der Waals surface area contributed by atoms with E-state index in [1.807, 2.05) is 6.92 Å². The van der Waals surface area contributed by atoms with Gasteiger partial charge in [0.25, 0.3) is 0 Å². The molecular formula is C16H20ClF2NO. The summed E-state index contributed by atoms with van der Waals surface area (Å²) in [6, 6.07) is 3.63. The number of carbonyl (C=O) groups is 1. The SMILES string of the molecule is CC1CC1(CNC(=O)C(C)(C)CCl)c1ccc(F)cc1F. The third-order valence-electron chi connectivity index (χ3n) is 4.43. The fourth-order valence-electron chi connectivity index (χ4n) is 2.64. The van der Waals surface area contributed by atoms with Crippen LogP contribution >= 0.6 is 11.6 Å². The minimum absolute atomic E-state index is 0.154. The van der Waals surface area contributed by atoms with Crippen molar-refractivity contribution in [2.24, 2.45) is 11.3 Å². The standard InChI is InChI=1S/C16H20ClF2NO/c1-10-7-16(10,9-20-14(21)15(2,3)8-17)12-5-4-11(18)6-13(12)19/h4-6,10H,7-9H2,1-3H3,(H,20,21). The van der Waals surface area contributed by atoms with Gasteiger partial charge in [0, 0.05) is 23.9 Å². The average molecular weight is 316 g/mol. The number of halogens is 3. The van der Waals surface area contributed by atoms with E-state index >= 15 is 0 Å². The predicted octanol–water partition coefficient (Wildman–Crippen LogP) is 3.62. The molecule has 1 aliphatic rings. The Kier molecular flexibility index (Phi) is 4.29. The molecule has 0 aliphatic heterocycles. The van der Waals surface area contributed by atoms with Gasteiger partial charge in [-0.15, -0.1) is 11.6 Å². The van der Waals surface area contributed by atoms with Crippen LogP contribution in [0.2, 0.25) is 0 Å². The number of nitrogens with one attached hydrogen (secondary N) is 1. The number of hydrogen-bond acceptors (Lipinski definition) is 1. The fourth-order valence-corrected chi connectivity index (χ4v) is 2.76. The Morgan fingerprint density at radius 2 is 2.10 bits per heavy atom. The lowest BCUT2D eigenvalue weighted by Crippen LogP contribution is -2.42. The molecule has 2 atom stereocenters. The number of carbonyl (C=O) groups excluding carboxylic acids is 1. The lowest BCUT2D eigenvalue weighted by molar-refractivity contribution is -0.128. The van der Waals surface area contributed by atoms with Crippen LogP contribution in [0.4, 0.5) is 8.78 Å². The third-order valence-corrected chi connectivity index (χ3v) is 5.10. The summed E-state index contributed by atoms with van der Waals surface area (Å²) in [6.07, 6.45) is 0.775. The minimum Gasteiger partial charge on any atom is -0.355 e. The normalized spacial score (nSPS) is 24.8. The van der Waals surface area contributed by atoms with Gasteiger partial charge in [0.2, 0.25) is 5.91 Å². The molecule has 21 heavy (non-hydrogen) atoms. The van der Waals surface area contributed by atoms with E-state index in [0.29, 0.717) is 12.1 Å². The molecule has 0 bridgehead atoms. The maximum Gasteiger partial charge on any atom is 0.226 e. The Labute approximate surface area is 128 Å². The van der Waals surface area contributed by atoms with Gasteiger partial charge in [-0.2, -0.15) is 0 Å². The number of hydrogen-bond donors (Lipinski definition) is 1. The Hall–Kier alpha value is -1.16. The van der Waals surface area contributed by atoms with E-state index in [1.54, 1.807) is 13.8 Å². The lowest BCUT2D eigenvalue weighted by atomic mass is 9.91. The zero-order valence-corrected chi connectivity index (χ0v) is 13.2. The van der Waals surface area contributed by atoms with Crippen LogP contribution in [0.3, 0.4) is 0 Å². The lowest BCUT2D eigenvalue weighted by Gasteiger charge is -2.24. The van der Waals surface area contributed by atoms with Crippen LogP contribution in [-0.2, 0) is 10.2 Å². The monoisotopic (exact) mass is 315 g/mol. The maximum absolute atomic E-state index is 14.0. The predicted molar refractivity (Wildman–Crippen MR) is 79.3 cm³/mol. The fraction of sp³-hybridized carbons (Fsp3) is 0.562. The Morgan fingerprint density at radius 3 is 2.57 bits per heavy atom. The molecule has 5 heteroatoms. The van der Waals surface area contributed by atoms with Gasteiger partial charge in [0.1, 0.15) is 11.6 Å². The van der Waals surface area contributed by atoms with Gasteiger partial charge in [-0.3, -0.25) is 4.79 Å². The highest BCUT2D eigenvalue weighted by Crippen LogP contribution is 2.54. The highest BCUT2D eigenvalue weighted by atomic mass is 35.5. The molecule has 0 radical (unpaired) electrons. The molecular weight excluding hydrogens is 296 g/mol. The first-order chi connectivity index (χ1) is 9.73. The summed E-state index contributed by atoms with van der Waals surface area (Å²) in [5.41, 5.74) is -0.627. The molecule has 1 amide bonds. The molecule has 0 spiro atoms. The van der Waals surface area contributed by atoms with Gasteiger partial charge in [0.05, 0.1) is 5.41 Å². The van der Waals surface area contributed by atoms with E-state index < -0.39 is 22.5 Å². The van der Waals surface area contributed by atoms with Crippen molar-refractivity contribution < 1.29 is 13.6 Å². The van der Waals surface area contributed by atoms with E-state index in [1.165, 1.54) is 12.1 Å². The van der Waals surface area contributed by atoms with Crippen molar-refractivity contribution in [1.82, 2.24) is 5.32 Å². The second kappa shape index (κ2) is 5.56. The molecule has 1 aromatic carbocycles. The molecule has 2 unspecified atom stereocenters. The van der Waals surface area contributed by atoms with E-state index in [4.69, 9.17) is 11.6 Å². The highest BCUT2D eigenvalue weighted by Gasteiger charge is 2.53. The summed E-state index contributed by atoms with van der Waals surface area (Å²) < 4.78 is 27.1. The Morgan fingerprint density at radius 1 is 1.48 bits per heavy atom. The molecule has 1 saturated carbocycles. The summed E-state index contributed by atoms with van der Waals surface area (Å²) in [5, 5.41) is 2.86. The van der Waals surface area contributed by atoms with Crippen LogP contribution in [0.15, 0.2) is 18.2 Å². The van der Waals surface area contributed by atoms with Crippen molar-refractivity contribution in [3.05, 3.63) is 35.4 Å². The van der Waals surface area contributed by atoms with Crippen molar-refractivity contribution in [1.29, 1.82) is 0 Å². The van der Waals surface area contributed by atoms with E-state index in [0.717, 1.165) is 12.5 Å². The zero-order chi connectivity index (χ0) is 15.8. The first-order valence-corrected chi connectivity index (χ1v) is 7.56. The first-order valence-electron chi connectivity index (χ1n) is 7.03. The minimum atomic E-state index is -0.664. The van der Waals surface area contributed by atoms with Crippen LogP contribution in [0.25, 0.3) is 0 Å². The molecule has 2 nitrogen and oxygen atoms in total. The van der Waals surface area contributed by atoms with Crippen LogP contribution in [-0.4, -0.2) is 18.3 Å². The molecule has 1 aliphatic carbocycles.